The number of halogens is 3. The summed E-state index contributed by atoms with van der Waals surface area (Å²) in [6.45, 7) is 3.34. The van der Waals surface area contributed by atoms with Crippen LogP contribution in [0.4, 0.5) is 18.9 Å². The van der Waals surface area contributed by atoms with Crippen molar-refractivity contribution in [2.24, 2.45) is 0 Å². The summed E-state index contributed by atoms with van der Waals surface area (Å²) in [6.07, 6.45) is -4.76. The fourth-order valence-electron chi connectivity index (χ4n) is 3.45. The first-order valence-electron chi connectivity index (χ1n) is 9.36. The molecule has 0 bridgehead atoms. The number of methoxy groups -OCH3 is 1. The van der Waals surface area contributed by atoms with Gasteiger partial charge in [0.15, 0.2) is 0 Å². The van der Waals surface area contributed by atoms with Gasteiger partial charge in [-0.1, -0.05) is 6.07 Å². The Hall–Kier alpha value is -3.10. The van der Waals surface area contributed by atoms with Gasteiger partial charge in [-0.15, -0.1) is 12.6 Å². The number of nitrogens with zero attached hydrogens (tertiary/aromatic N) is 4. The molecule has 0 saturated carbocycles. The van der Waals surface area contributed by atoms with E-state index in [1.54, 1.807) is 30.9 Å². The van der Waals surface area contributed by atoms with Gasteiger partial charge in [0.05, 0.1) is 35.5 Å². The van der Waals surface area contributed by atoms with Crippen LogP contribution in [0.3, 0.4) is 0 Å². The predicted molar refractivity (Wildman–Crippen MR) is 112 cm³/mol. The fraction of sp³-hybridized carbons (Fsp3) is 0.333. The van der Waals surface area contributed by atoms with E-state index < -0.39 is 40.2 Å². The van der Waals surface area contributed by atoms with Crippen LogP contribution in [-0.4, -0.2) is 39.9 Å². The van der Waals surface area contributed by atoms with Crippen LogP contribution in [0.5, 0.6) is 0 Å². The average Bonchev–Trinajstić information content (AvgIpc) is 2.91. The smallest absolute Gasteiger partial charge is 0.417 e. The highest BCUT2D eigenvalue weighted by Gasteiger charge is 2.51. The van der Waals surface area contributed by atoms with Gasteiger partial charge >= 0.3 is 12.1 Å². The number of nitriles is 1. The molecule has 11 heteroatoms. The zero-order valence-electron chi connectivity index (χ0n) is 17.3. The topological polar surface area (TPSA) is 86.5 Å². The molecular formula is C21H19F3N4O3S. The van der Waals surface area contributed by atoms with E-state index in [0.29, 0.717) is 5.69 Å². The van der Waals surface area contributed by atoms with Crippen molar-refractivity contribution in [3.05, 3.63) is 58.9 Å². The average molecular weight is 464 g/mol. The first-order valence-corrected chi connectivity index (χ1v) is 9.87. The van der Waals surface area contributed by atoms with Crippen LogP contribution >= 0.6 is 12.6 Å². The second kappa shape index (κ2) is 8.44. The molecule has 1 aromatic heterocycles. The molecule has 32 heavy (non-hydrogen) atoms. The van der Waals surface area contributed by atoms with Crippen molar-refractivity contribution < 1.29 is 27.5 Å². The largest absolute Gasteiger partial charge is 0.464 e. The Morgan fingerprint density at radius 2 is 2.00 bits per heavy atom. The summed E-state index contributed by atoms with van der Waals surface area (Å²) in [5, 5.41) is 9.02. The SMILES string of the molecule is COC(=O)c1cccc(CN2C(S)N(c3ccc(C#N)c(C(F)(F)F)c3)C(=O)C2(C)C)n1. The summed E-state index contributed by atoms with van der Waals surface area (Å²) in [6, 6.07) is 9.35. The molecule has 1 amide bonds. The van der Waals surface area contributed by atoms with Gasteiger partial charge in [0, 0.05) is 12.2 Å². The van der Waals surface area contributed by atoms with Crippen LogP contribution in [0.1, 0.15) is 41.2 Å². The molecule has 7 nitrogen and oxygen atoms in total. The van der Waals surface area contributed by atoms with Gasteiger partial charge in [0.25, 0.3) is 0 Å². The number of carbonyl (C=O) groups is 2. The number of rotatable bonds is 4. The van der Waals surface area contributed by atoms with E-state index in [4.69, 9.17) is 5.26 Å². The molecule has 0 radical (unpaired) electrons. The Bertz CT molecular complexity index is 1110. The molecule has 0 spiro atoms. The van der Waals surface area contributed by atoms with Gasteiger partial charge in [0.1, 0.15) is 11.2 Å². The highest BCUT2D eigenvalue weighted by molar-refractivity contribution is 7.81. The maximum Gasteiger partial charge on any atom is 0.417 e. The number of thiol groups is 1. The van der Waals surface area contributed by atoms with Gasteiger partial charge in [-0.3, -0.25) is 14.6 Å². The Morgan fingerprint density at radius 3 is 2.59 bits per heavy atom. The van der Waals surface area contributed by atoms with Gasteiger partial charge in [-0.05, 0) is 44.2 Å². The quantitative estimate of drug-likeness (QED) is 0.550. The lowest BCUT2D eigenvalue weighted by Gasteiger charge is -2.30. The van der Waals surface area contributed by atoms with Crippen LogP contribution < -0.4 is 4.90 Å². The van der Waals surface area contributed by atoms with Gasteiger partial charge in [-0.25, -0.2) is 9.78 Å². The summed E-state index contributed by atoms with van der Waals surface area (Å²) in [7, 11) is 1.23. The number of benzene rings is 1. The summed E-state index contributed by atoms with van der Waals surface area (Å²) < 4.78 is 44.9. The van der Waals surface area contributed by atoms with Gasteiger partial charge in [0.2, 0.25) is 5.91 Å². The van der Waals surface area contributed by atoms with E-state index in [0.717, 1.165) is 17.0 Å². The molecule has 1 saturated heterocycles. The van der Waals surface area contributed by atoms with E-state index in [-0.39, 0.29) is 17.9 Å². The molecule has 1 fully saturated rings. The van der Waals surface area contributed by atoms with Crippen LogP contribution in [0.2, 0.25) is 0 Å². The van der Waals surface area contributed by atoms with E-state index >= 15 is 0 Å². The fourth-order valence-corrected chi connectivity index (χ4v) is 4.06. The lowest BCUT2D eigenvalue weighted by Crippen LogP contribution is -2.44. The standard InChI is InChI=1S/C21H19F3N4O3S/c1-20(2)18(30)28(14-8-7-12(10-25)15(9-14)21(22,23)24)19(32)27(20)11-13-5-4-6-16(26-13)17(29)31-3/h4-9,19,32H,11H2,1-3H3. The van der Waals surface area contributed by atoms with E-state index in [1.165, 1.54) is 25.3 Å². The molecule has 1 aliphatic rings. The number of pyridine rings is 1. The monoisotopic (exact) mass is 464 g/mol. The Balaban J connectivity index is 1.98. The highest BCUT2D eigenvalue weighted by atomic mass is 32.1. The third-order valence-electron chi connectivity index (χ3n) is 5.21. The molecule has 1 aromatic carbocycles. The minimum absolute atomic E-state index is 0.0341. The molecule has 3 rings (SSSR count). The number of hydrogen-bond acceptors (Lipinski definition) is 7. The zero-order valence-corrected chi connectivity index (χ0v) is 18.2. The molecule has 0 N–H and O–H groups in total. The second-order valence-electron chi connectivity index (χ2n) is 7.55. The van der Waals surface area contributed by atoms with Crippen LogP contribution in [0, 0.1) is 11.3 Å². The molecule has 1 aliphatic heterocycles. The Labute approximate surface area is 187 Å². The maximum absolute atomic E-state index is 13.4. The second-order valence-corrected chi connectivity index (χ2v) is 8.02. The molecule has 2 aromatic rings. The summed E-state index contributed by atoms with van der Waals surface area (Å²) in [5.74, 6) is -1.09. The first kappa shape index (κ1) is 23.6. The molecule has 1 unspecified atom stereocenters. The predicted octanol–water partition coefficient (Wildman–Crippen LogP) is 3.60. The van der Waals surface area contributed by atoms with Crippen molar-refractivity contribution in [1.82, 2.24) is 9.88 Å². The normalized spacial score (nSPS) is 18.5. The van der Waals surface area contributed by atoms with Crippen molar-refractivity contribution in [3.8, 4) is 6.07 Å². The molecule has 0 aliphatic carbocycles. The third kappa shape index (κ3) is 4.16. The number of carbonyl (C=O) groups excluding carboxylic acids is 2. The lowest BCUT2D eigenvalue weighted by atomic mass is 10.0. The van der Waals surface area contributed by atoms with E-state index in [1.807, 2.05) is 0 Å². The van der Waals surface area contributed by atoms with Crippen LogP contribution in [0.25, 0.3) is 0 Å². The van der Waals surface area contributed by atoms with Crippen LogP contribution in [0.15, 0.2) is 36.4 Å². The van der Waals surface area contributed by atoms with Crippen molar-refractivity contribution in [3.63, 3.8) is 0 Å². The summed E-state index contributed by atoms with van der Waals surface area (Å²) in [5.41, 5.74) is -3.23. The molecular weight excluding hydrogens is 445 g/mol. The number of esters is 1. The minimum atomic E-state index is -4.76. The maximum atomic E-state index is 13.4. The lowest BCUT2D eigenvalue weighted by molar-refractivity contribution is -0.137. The van der Waals surface area contributed by atoms with Crippen molar-refractivity contribution in [1.29, 1.82) is 5.26 Å². The molecule has 1 atom stereocenters. The number of hydrogen-bond donors (Lipinski definition) is 1. The van der Waals surface area contributed by atoms with Crippen molar-refractivity contribution in [2.75, 3.05) is 12.0 Å². The molecule has 168 valence electrons. The Kier molecular flexibility index (Phi) is 6.22. The van der Waals surface area contributed by atoms with Gasteiger partial charge in [-0.2, -0.15) is 18.4 Å². The molecule has 2 heterocycles. The Morgan fingerprint density at radius 1 is 1.31 bits per heavy atom. The highest BCUT2D eigenvalue weighted by Crippen LogP contribution is 2.40. The number of amides is 1. The number of alkyl halides is 3. The summed E-state index contributed by atoms with van der Waals surface area (Å²) >= 11 is 4.50. The van der Waals surface area contributed by atoms with Crippen molar-refractivity contribution >= 4 is 30.2 Å². The van der Waals surface area contributed by atoms with Crippen molar-refractivity contribution in [2.45, 2.75) is 37.6 Å². The number of anilines is 1. The van der Waals surface area contributed by atoms with E-state index in [9.17, 15) is 22.8 Å². The van der Waals surface area contributed by atoms with Gasteiger partial charge < -0.3 is 4.74 Å². The third-order valence-corrected chi connectivity index (χ3v) is 5.72. The zero-order chi connectivity index (χ0) is 23.8. The van der Waals surface area contributed by atoms with E-state index in [2.05, 4.69) is 22.3 Å². The minimum Gasteiger partial charge on any atom is -0.464 e. The van der Waals surface area contributed by atoms with Crippen LogP contribution in [-0.2, 0) is 22.3 Å². The summed E-state index contributed by atoms with van der Waals surface area (Å²) in [4.78, 5) is 32.0. The first-order chi connectivity index (χ1) is 14.9. The number of ether oxygens (including phenoxy) is 1. The number of aromatic nitrogens is 1.